The van der Waals surface area contributed by atoms with Crippen LogP contribution in [0.2, 0.25) is 0 Å². The van der Waals surface area contributed by atoms with Crippen LogP contribution in [0.4, 0.5) is 0 Å². The molecule has 70 valence electrons. The molecule has 0 amide bonds. The van der Waals surface area contributed by atoms with Crippen LogP contribution in [0.5, 0.6) is 0 Å². The SMILES string of the molecule is COC(=O)C1(C)CC(C)CC1C. The van der Waals surface area contributed by atoms with Gasteiger partial charge in [-0.05, 0) is 31.6 Å². The van der Waals surface area contributed by atoms with Crippen molar-refractivity contribution in [2.24, 2.45) is 17.3 Å². The quantitative estimate of drug-likeness (QED) is 0.564. The Labute approximate surface area is 74.3 Å². The molecule has 0 aromatic carbocycles. The molecule has 1 saturated carbocycles. The molecule has 0 N–H and O–H groups in total. The van der Waals surface area contributed by atoms with Gasteiger partial charge in [-0.15, -0.1) is 0 Å². The van der Waals surface area contributed by atoms with E-state index in [-0.39, 0.29) is 11.4 Å². The summed E-state index contributed by atoms with van der Waals surface area (Å²) in [5.74, 6) is 1.07. The van der Waals surface area contributed by atoms with Gasteiger partial charge in [-0.25, -0.2) is 0 Å². The van der Waals surface area contributed by atoms with E-state index in [0.29, 0.717) is 11.8 Å². The maximum Gasteiger partial charge on any atom is 0.311 e. The van der Waals surface area contributed by atoms with Crippen molar-refractivity contribution in [3.8, 4) is 0 Å². The minimum absolute atomic E-state index is 0.0423. The summed E-state index contributed by atoms with van der Waals surface area (Å²) >= 11 is 0. The minimum atomic E-state index is -0.228. The molecule has 1 rings (SSSR count). The molecular weight excluding hydrogens is 152 g/mol. The summed E-state index contributed by atoms with van der Waals surface area (Å²) in [5.41, 5.74) is -0.228. The normalized spacial score (nSPS) is 41.3. The highest BCUT2D eigenvalue weighted by molar-refractivity contribution is 5.77. The van der Waals surface area contributed by atoms with E-state index in [9.17, 15) is 4.79 Å². The lowest BCUT2D eigenvalue weighted by molar-refractivity contribution is -0.153. The Kier molecular flexibility index (Phi) is 2.45. The molecule has 0 saturated heterocycles. The first kappa shape index (κ1) is 9.56. The van der Waals surface area contributed by atoms with Crippen molar-refractivity contribution < 1.29 is 9.53 Å². The van der Waals surface area contributed by atoms with Gasteiger partial charge in [-0.2, -0.15) is 0 Å². The summed E-state index contributed by atoms with van der Waals surface area (Å²) in [6.07, 6.45) is 2.12. The third-order valence-electron chi connectivity index (χ3n) is 3.27. The molecule has 0 bridgehead atoms. The molecule has 2 nitrogen and oxygen atoms in total. The van der Waals surface area contributed by atoms with Gasteiger partial charge >= 0.3 is 5.97 Å². The molecule has 0 aromatic heterocycles. The molecule has 1 aliphatic rings. The Morgan fingerprint density at radius 3 is 2.42 bits per heavy atom. The van der Waals surface area contributed by atoms with Gasteiger partial charge in [0.25, 0.3) is 0 Å². The standard InChI is InChI=1S/C10H18O2/c1-7-5-8(2)10(3,6-7)9(11)12-4/h7-8H,5-6H2,1-4H3. The van der Waals surface area contributed by atoms with Crippen molar-refractivity contribution in [2.45, 2.75) is 33.6 Å². The Balaban J connectivity index is 2.77. The van der Waals surface area contributed by atoms with Crippen LogP contribution in [0.25, 0.3) is 0 Å². The molecular formula is C10H18O2. The van der Waals surface area contributed by atoms with Crippen LogP contribution < -0.4 is 0 Å². The van der Waals surface area contributed by atoms with Crippen molar-refractivity contribution in [1.82, 2.24) is 0 Å². The maximum atomic E-state index is 11.5. The van der Waals surface area contributed by atoms with E-state index in [0.717, 1.165) is 12.8 Å². The highest BCUT2D eigenvalue weighted by Crippen LogP contribution is 2.46. The van der Waals surface area contributed by atoms with Crippen molar-refractivity contribution in [3.05, 3.63) is 0 Å². The van der Waals surface area contributed by atoms with Crippen molar-refractivity contribution in [1.29, 1.82) is 0 Å². The van der Waals surface area contributed by atoms with E-state index in [1.54, 1.807) is 0 Å². The first-order chi connectivity index (χ1) is 5.50. The molecule has 3 unspecified atom stereocenters. The lowest BCUT2D eigenvalue weighted by Crippen LogP contribution is -2.31. The number of methoxy groups -OCH3 is 1. The largest absolute Gasteiger partial charge is 0.469 e. The molecule has 0 radical (unpaired) electrons. The zero-order valence-electron chi connectivity index (χ0n) is 8.39. The maximum absolute atomic E-state index is 11.5. The predicted octanol–water partition coefficient (Wildman–Crippen LogP) is 2.23. The van der Waals surface area contributed by atoms with E-state index < -0.39 is 0 Å². The van der Waals surface area contributed by atoms with Gasteiger partial charge in [0.05, 0.1) is 12.5 Å². The van der Waals surface area contributed by atoms with Gasteiger partial charge in [-0.3, -0.25) is 4.79 Å². The van der Waals surface area contributed by atoms with E-state index in [2.05, 4.69) is 13.8 Å². The summed E-state index contributed by atoms with van der Waals surface area (Å²) in [6, 6.07) is 0. The number of hydrogen-bond donors (Lipinski definition) is 0. The monoisotopic (exact) mass is 170 g/mol. The van der Waals surface area contributed by atoms with E-state index in [4.69, 9.17) is 4.74 Å². The van der Waals surface area contributed by atoms with Crippen LogP contribution in [0.1, 0.15) is 33.6 Å². The molecule has 0 aliphatic heterocycles. The van der Waals surface area contributed by atoms with Crippen molar-refractivity contribution in [3.63, 3.8) is 0 Å². The average Bonchev–Trinajstić information content (AvgIpc) is 2.26. The summed E-state index contributed by atoms with van der Waals surface area (Å²) in [4.78, 5) is 11.5. The van der Waals surface area contributed by atoms with E-state index in [1.807, 2.05) is 6.92 Å². The van der Waals surface area contributed by atoms with Crippen LogP contribution in [0, 0.1) is 17.3 Å². The number of carbonyl (C=O) groups excluding carboxylic acids is 1. The molecule has 1 fully saturated rings. The van der Waals surface area contributed by atoms with Crippen molar-refractivity contribution in [2.75, 3.05) is 7.11 Å². The van der Waals surface area contributed by atoms with Crippen molar-refractivity contribution >= 4 is 5.97 Å². The molecule has 0 heterocycles. The Morgan fingerprint density at radius 1 is 1.50 bits per heavy atom. The summed E-state index contributed by atoms with van der Waals surface area (Å²) < 4.78 is 4.82. The molecule has 0 aromatic rings. The molecule has 3 atom stereocenters. The van der Waals surface area contributed by atoms with Crippen LogP contribution in [0.15, 0.2) is 0 Å². The van der Waals surface area contributed by atoms with Crippen LogP contribution in [-0.4, -0.2) is 13.1 Å². The topological polar surface area (TPSA) is 26.3 Å². The number of carbonyl (C=O) groups is 1. The number of ether oxygens (including phenoxy) is 1. The van der Waals surface area contributed by atoms with Gasteiger partial charge in [0.15, 0.2) is 0 Å². The Bertz CT molecular complexity index is 188. The summed E-state index contributed by atoms with van der Waals surface area (Å²) in [7, 11) is 1.48. The average molecular weight is 170 g/mol. The van der Waals surface area contributed by atoms with Gasteiger partial charge in [-0.1, -0.05) is 13.8 Å². The first-order valence-electron chi connectivity index (χ1n) is 4.59. The van der Waals surface area contributed by atoms with E-state index in [1.165, 1.54) is 7.11 Å². The molecule has 1 aliphatic carbocycles. The van der Waals surface area contributed by atoms with Gasteiger partial charge in [0.1, 0.15) is 0 Å². The summed E-state index contributed by atoms with van der Waals surface area (Å²) in [6.45, 7) is 6.36. The van der Waals surface area contributed by atoms with Gasteiger partial charge in [0.2, 0.25) is 0 Å². The first-order valence-corrected chi connectivity index (χ1v) is 4.59. The third kappa shape index (κ3) is 1.35. The second kappa shape index (κ2) is 3.08. The Morgan fingerprint density at radius 2 is 2.08 bits per heavy atom. The minimum Gasteiger partial charge on any atom is -0.469 e. The summed E-state index contributed by atoms with van der Waals surface area (Å²) in [5, 5.41) is 0. The lowest BCUT2D eigenvalue weighted by atomic mass is 9.81. The zero-order chi connectivity index (χ0) is 9.35. The highest BCUT2D eigenvalue weighted by atomic mass is 16.5. The highest BCUT2D eigenvalue weighted by Gasteiger charge is 2.46. The van der Waals surface area contributed by atoms with E-state index >= 15 is 0 Å². The fourth-order valence-electron chi connectivity index (χ4n) is 2.39. The predicted molar refractivity (Wildman–Crippen MR) is 47.7 cm³/mol. The number of hydrogen-bond acceptors (Lipinski definition) is 2. The number of esters is 1. The second-order valence-electron chi connectivity index (χ2n) is 4.36. The Hall–Kier alpha value is -0.530. The van der Waals surface area contributed by atoms with Crippen LogP contribution >= 0.6 is 0 Å². The molecule has 2 heteroatoms. The smallest absolute Gasteiger partial charge is 0.311 e. The fraction of sp³-hybridized carbons (Fsp3) is 0.900. The van der Waals surface area contributed by atoms with Crippen LogP contribution in [-0.2, 0) is 9.53 Å². The third-order valence-corrected chi connectivity index (χ3v) is 3.27. The molecule has 12 heavy (non-hydrogen) atoms. The van der Waals surface area contributed by atoms with Gasteiger partial charge < -0.3 is 4.74 Å². The second-order valence-corrected chi connectivity index (χ2v) is 4.36. The fourth-order valence-corrected chi connectivity index (χ4v) is 2.39. The molecule has 0 spiro atoms. The number of rotatable bonds is 1. The zero-order valence-corrected chi connectivity index (χ0v) is 8.39. The van der Waals surface area contributed by atoms with Gasteiger partial charge in [0, 0.05) is 0 Å². The lowest BCUT2D eigenvalue weighted by Gasteiger charge is -2.25. The van der Waals surface area contributed by atoms with Crippen LogP contribution in [0.3, 0.4) is 0 Å².